The monoisotopic (exact) mass is 262 g/mol. The van der Waals surface area contributed by atoms with Gasteiger partial charge in [-0.15, -0.1) is 0 Å². The molecule has 0 amide bonds. The molecule has 1 aromatic heterocycles. The Morgan fingerprint density at radius 2 is 2.00 bits per heavy atom. The highest BCUT2D eigenvalue weighted by molar-refractivity contribution is 6.30. The smallest absolute Gasteiger partial charge is 0.356 e. The average Bonchev–Trinajstić information content (AvgIpc) is 2.91. The first kappa shape index (κ1) is 11.3. The summed E-state index contributed by atoms with van der Waals surface area (Å²) in [6.07, 6.45) is 2.66. The van der Waals surface area contributed by atoms with Crippen LogP contribution >= 0.6 is 11.6 Å². The fraction of sp³-hybridized carbons (Fsp3) is 0.231. The summed E-state index contributed by atoms with van der Waals surface area (Å²) >= 11 is 5.85. The van der Waals surface area contributed by atoms with Crippen molar-refractivity contribution in [2.45, 2.75) is 19.3 Å². The van der Waals surface area contributed by atoms with E-state index < -0.39 is 5.97 Å². The summed E-state index contributed by atoms with van der Waals surface area (Å²) in [6, 6.07) is 7.25. The Bertz CT molecular complexity index is 617. The highest BCUT2D eigenvalue weighted by Crippen LogP contribution is 2.28. The van der Waals surface area contributed by atoms with Crippen LogP contribution in [-0.2, 0) is 12.8 Å². The van der Waals surface area contributed by atoms with E-state index in [4.69, 9.17) is 16.7 Å². The Kier molecular flexibility index (Phi) is 2.59. The van der Waals surface area contributed by atoms with Gasteiger partial charge in [0.25, 0.3) is 0 Å². The average molecular weight is 263 g/mol. The van der Waals surface area contributed by atoms with E-state index in [1.54, 1.807) is 16.8 Å². The van der Waals surface area contributed by atoms with Crippen LogP contribution in [0.1, 0.15) is 28.2 Å². The van der Waals surface area contributed by atoms with E-state index in [9.17, 15) is 4.79 Å². The number of carbonyl (C=O) groups is 1. The van der Waals surface area contributed by atoms with Gasteiger partial charge < -0.3 is 5.11 Å². The van der Waals surface area contributed by atoms with Gasteiger partial charge >= 0.3 is 5.97 Å². The summed E-state index contributed by atoms with van der Waals surface area (Å²) in [4.78, 5) is 11.2. The van der Waals surface area contributed by atoms with E-state index in [0.717, 1.165) is 36.2 Å². The molecule has 4 nitrogen and oxygen atoms in total. The number of carboxylic acid groups (broad SMARTS) is 1. The van der Waals surface area contributed by atoms with Crippen molar-refractivity contribution >= 4 is 17.6 Å². The molecular formula is C13H11ClN2O2. The fourth-order valence-corrected chi connectivity index (χ4v) is 2.53. The van der Waals surface area contributed by atoms with Gasteiger partial charge in [0.1, 0.15) is 0 Å². The second-order valence-corrected chi connectivity index (χ2v) is 4.76. The van der Waals surface area contributed by atoms with Crippen molar-refractivity contribution in [2.24, 2.45) is 0 Å². The van der Waals surface area contributed by atoms with Gasteiger partial charge in [-0.05, 0) is 43.5 Å². The molecule has 0 atom stereocenters. The molecule has 92 valence electrons. The first-order valence-corrected chi connectivity index (χ1v) is 6.14. The number of aromatic nitrogens is 2. The van der Waals surface area contributed by atoms with E-state index in [1.165, 1.54) is 0 Å². The van der Waals surface area contributed by atoms with Gasteiger partial charge in [0.15, 0.2) is 5.69 Å². The van der Waals surface area contributed by atoms with Gasteiger partial charge in [0.2, 0.25) is 0 Å². The van der Waals surface area contributed by atoms with E-state index in [-0.39, 0.29) is 5.69 Å². The minimum atomic E-state index is -0.958. The normalized spacial score (nSPS) is 13.6. The maximum atomic E-state index is 11.2. The Labute approximate surface area is 109 Å². The summed E-state index contributed by atoms with van der Waals surface area (Å²) in [5.74, 6) is -0.958. The lowest BCUT2D eigenvalue weighted by Gasteiger charge is -2.05. The second-order valence-electron chi connectivity index (χ2n) is 4.32. The predicted octanol–water partition coefficient (Wildman–Crippen LogP) is 2.71. The zero-order chi connectivity index (χ0) is 12.7. The first-order valence-electron chi connectivity index (χ1n) is 5.77. The lowest BCUT2D eigenvalue weighted by molar-refractivity contribution is 0.0689. The number of aromatic carboxylic acids is 1. The highest BCUT2D eigenvalue weighted by atomic mass is 35.5. The van der Waals surface area contributed by atoms with Gasteiger partial charge in [-0.1, -0.05) is 11.6 Å². The quantitative estimate of drug-likeness (QED) is 0.905. The summed E-state index contributed by atoms with van der Waals surface area (Å²) in [7, 11) is 0. The molecule has 0 fully saturated rings. The molecule has 1 N–H and O–H groups in total. The molecule has 0 spiro atoms. The van der Waals surface area contributed by atoms with Crippen LogP contribution in [-0.4, -0.2) is 20.9 Å². The number of carboxylic acids is 1. The third-order valence-electron chi connectivity index (χ3n) is 3.20. The maximum absolute atomic E-state index is 11.2. The molecular weight excluding hydrogens is 252 g/mol. The number of nitrogens with zero attached hydrogens (tertiary/aromatic N) is 2. The number of rotatable bonds is 2. The van der Waals surface area contributed by atoms with Crippen LogP contribution < -0.4 is 0 Å². The van der Waals surface area contributed by atoms with Crippen molar-refractivity contribution in [3.63, 3.8) is 0 Å². The van der Waals surface area contributed by atoms with Crippen LogP contribution in [0.3, 0.4) is 0 Å². The number of hydrogen-bond donors (Lipinski definition) is 1. The van der Waals surface area contributed by atoms with Gasteiger partial charge in [-0.3, -0.25) is 0 Å². The third kappa shape index (κ3) is 1.69. The van der Waals surface area contributed by atoms with Crippen LogP contribution in [0.25, 0.3) is 5.69 Å². The number of benzene rings is 1. The molecule has 0 bridgehead atoms. The molecule has 1 aliphatic carbocycles. The molecule has 2 aromatic rings. The SMILES string of the molecule is O=C(O)c1nn(-c2ccc(Cl)cc2)c2c1CCC2. The van der Waals surface area contributed by atoms with Crippen LogP contribution in [0.2, 0.25) is 5.02 Å². The molecule has 0 saturated heterocycles. The molecule has 0 aliphatic heterocycles. The molecule has 1 heterocycles. The van der Waals surface area contributed by atoms with Crippen molar-refractivity contribution in [1.82, 2.24) is 9.78 Å². The Hall–Kier alpha value is -1.81. The van der Waals surface area contributed by atoms with Crippen molar-refractivity contribution < 1.29 is 9.90 Å². The van der Waals surface area contributed by atoms with Gasteiger partial charge in [-0.2, -0.15) is 5.10 Å². The summed E-state index contributed by atoms with van der Waals surface area (Å²) in [6.45, 7) is 0. The Morgan fingerprint density at radius 3 is 2.67 bits per heavy atom. The molecule has 0 unspecified atom stereocenters. The van der Waals surface area contributed by atoms with Gasteiger partial charge in [-0.25, -0.2) is 9.48 Å². The third-order valence-corrected chi connectivity index (χ3v) is 3.46. The summed E-state index contributed by atoms with van der Waals surface area (Å²) in [5.41, 5.74) is 2.91. The Morgan fingerprint density at radius 1 is 1.28 bits per heavy atom. The zero-order valence-corrected chi connectivity index (χ0v) is 10.3. The summed E-state index contributed by atoms with van der Waals surface area (Å²) in [5, 5.41) is 14.0. The molecule has 0 radical (unpaired) electrons. The largest absolute Gasteiger partial charge is 0.476 e. The molecule has 0 saturated carbocycles. The van der Waals surface area contributed by atoms with Crippen molar-refractivity contribution in [3.05, 3.63) is 46.2 Å². The number of fused-ring (bicyclic) bond motifs is 1. The second kappa shape index (κ2) is 4.14. The molecule has 1 aliphatic rings. The fourth-order valence-electron chi connectivity index (χ4n) is 2.41. The van der Waals surface area contributed by atoms with Gasteiger partial charge in [0, 0.05) is 16.3 Å². The van der Waals surface area contributed by atoms with Crippen molar-refractivity contribution in [1.29, 1.82) is 0 Å². The molecule has 18 heavy (non-hydrogen) atoms. The predicted molar refractivity (Wildman–Crippen MR) is 67.6 cm³/mol. The zero-order valence-electron chi connectivity index (χ0n) is 9.56. The lowest BCUT2D eigenvalue weighted by atomic mass is 10.2. The van der Waals surface area contributed by atoms with Crippen LogP contribution in [0, 0.1) is 0 Å². The highest BCUT2D eigenvalue weighted by Gasteiger charge is 2.26. The number of hydrogen-bond acceptors (Lipinski definition) is 2. The minimum Gasteiger partial charge on any atom is -0.476 e. The van der Waals surface area contributed by atoms with Crippen LogP contribution in [0.15, 0.2) is 24.3 Å². The van der Waals surface area contributed by atoms with Crippen molar-refractivity contribution in [3.8, 4) is 5.69 Å². The lowest BCUT2D eigenvalue weighted by Crippen LogP contribution is -2.04. The Balaban J connectivity index is 2.15. The van der Waals surface area contributed by atoms with Crippen molar-refractivity contribution in [2.75, 3.05) is 0 Å². The van der Waals surface area contributed by atoms with E-state index in [2.05, 4.69) is 5.10 Å². The van der Waals surface area contributed by atoms with Gasteiger partial charge in [0.05, 0.1) is 5.69 Å². The maximum Gasteiger partial charge on any atom is 0.356 e. The summed E-state index contributed by atoms with van der Waals surface area (Å²) < 4.78 is 1.72. The molecule has 1 aromatic carbocycles. The first-order chi connectivity index (χ1) is 8.66. The van der Waals surface area contributed by atoms with E-state index >= 15 is 0 Å². The topological polar surface area (TPSA) is 55.1 Å². The minimum absolute atomic E-state index is 0.178. The number of halogens is 1. The standard InChI is InChI=1S/C13H11ClN2O2/c14-8-4-6-9(7-5-8)16-11-3-1-2-10(11)12(15-16)13(17)18/h4-7H,1-3H2,(H,17,18). The molecule has 3 rings (SSSR count). The van der Waals surface area contributed by atoms with E-state index in [0.29, 0.717) is 5.02 Å². The van der Waals surface area contributed by atoms with Crippen LogP contribution in [0.5, 0.6) is 0 Å². The van der Waals surface area contributed by atoms with E-state index in [1.807, 2.05) is 12.1 Å². The molecule has 5 heteroatoms. The van der Waals surface area contributed by atoms with Crippen LogP contribution in [0.4, 0.5) is 0 Å².